The lowest BCUT2D eigenvalue weighted by molar-refractivity contribution is -0.122. The molecule has 3 N–H and O–H groups in total. The third kappa shape index (κ3) is 42.0. The third-order valence-electron chi connectivity index (χ3n) is 10.9. The average Bonchev–Trinajstić information content (AvgIpc) is 3.14. The molecule has 0 fully saturated rings. The molecule has 0 radical (unpaired) electrons. The van der Waals surface area contributed by atoms with Gasteiger partial charge >= 0.3 is 0 Å². The van der Waals surface area contributed by atoms with Crippen LogP contribution in [0.15, 0.2) is 24.3 Å². The van der Waals surface area contributed by atoms with Crippen molar-refractivity contribution >= 4 is 16.0 Å². The number of carbonyl (C=O) groups is 1. The Balaban J connectivity index is 3.77. The van der Waals surface area contributed by atoms with E-state index in [2.05, 4.69) is 43.5 Å². The molecule has 6 nitrogen and oxygen atoms in total. The van der Waals surface area contributed by atoms with Crippen LogP contribution in [0.3, 0.4) is 0 Å². The van der Waals surface area contributed by atoms with Gasteiger partial charge < -0.3 is 10.4 Å². The van der Waals surface area contributed by atoms with E-state index in [0.717, 1.165) is 44.9 Å². The van der Waals surface area contributed by atoms with Crippen LogP contribution in [-0.4, -0.2) is 41.9 Å². The first-order valence-electron chi connectivity index (χ1n) is 23.5. The lowest BCUT2D eigenvalue weighted by Crippen LogP contribution is -2.47. The second-order valence-electron chi connectivity index (χ2n) is 16.4. The van der Waals surface area contributed by atoms with E-state index in [0.29, 0.717) is 12.8 Å². The number of hydrogen-bond donors (Lipinski definition) is 3. The second-order valence-corrected chi connectivity index (χ2v) is 17.9. The first-order valence-corrected chi connectivity index (χ1v) is 25.1. The highest BCUT2D eigenvalue weighted by Crippen LogP contribution is 2.17. The number of allylic oxidation sites excluding steroid dienone is 4. The van der Waals surface area contributed by atoms with Crippen molar-refractivity contribution in [3.8, 4) is 0 Å². The zero-order valence-corrected chi connectivity index (χ0v) is 36.7. The Morgan fingerprint density at radius 1 is 0.500 bits per heavy atom. The number of aliphatic hydroxyl groups excluding tert-OH is 1. The highest BCUT2D eigenvalue weighted by atomic mass is 32.2. The van der Waals surface area contributed by atoms with E-state index >= 15 is 0 Å². The average molecular weight is 782 g/mol. The molecular weight excluding hydrogens is 691 g/mol. The summed E-state index contributed by atoms with van der Waals surface area (Å²) in [5.41, 5.74) is 0. The summed E-state index contributed by atoms with van der Waals surface area (Å²) >= 11 is 0. The molecule has 7 heteroatoms. The normalized spacial score (nSPS) is 13.3. The van der Waals surface area contributed by atoms with Crippen LogP contribution in [0.5, 0.6) is 0 Å². The fraction of sp³-hybridized carbons (Fsp3) is 0.894. The van der Waals surface area contributed by atoms with Crippen LogP contribution >= 0.6 is 0 Å². The van der Waals surface area contributed by atoms with Crippen molar-refractivity contribution in [2.75, 3.05) is 5.75 Å². The smallest absolute Gasteiger partial charge is 0.266 e. The van der Waals surface area contributed by atoms with E-state index in [1.165, 1.54) is 180 Å². The van der Waals surface area contributed by atoms with Crippen molar-refractivity contribution in [1.29, 1.82) is 0 Å². The number of carbonyl (C=O) groups excluding carboxylic acids is 1. The largest absolute Gasteiger partial charge is 0.391 e. The van der Waals surface area contributed by atoms with Gasteiger partial charge in [0.1, 0.15) is 0 Å². The van der Waals surface area contributed by atoms with E-state index in [-0.39, 0.29) is 5.91 Å². The van der Waals surface area contributed by atoms with Crippen molar-refractivity contribution in [3.63, 3.8) is 0 Å². The van der Waals surface area contributed by atoms with Gasteiger partial charge in [0, 0.05) is 6.42 Å². The number of unbranched alkanes of at least 4 members (excludes halogenated alkanes) is 31. The molecule has 0 heterocycles. The van der Waals surface area contributed by atoms with Crippen LogP contribution in [0.25, 0.3) is 0 Å². The molecule has 1 amide bonds. The zero-order chi connectivity index (χ0) is 39.6. The summed E-state index contributed by atoms with van der Waals surface area (Å²) in [4.78, 5) is 12.6. The van der Waals surface area contributed by atoms with Crippen LogP contribution in [-0.2, 0) is 14.9 Å². The molecule has 0 aromatic heterocycles. The third-order valence-corrected chi connectivity index (χ3v) is 11.7. The summed E-state index contributed by atoms with van der Waals surface area (Å²) in [5.74, 6) is -0.891. The molecule has 0 aromatic rings. The summed E-state index contributed by atoms with van der Waals surface area (Å²) in [6, 6.07) is -0.970. The summed E-state index contributed by atoms with van der Waals surface area (Å²) in [7, 11) is -4.31. The fourth-order valence-electron chi connectivity index (χ4n) is 7.37. The van der Waals surface area contributed by atoms with Gasteiger partial charge in [0.25, 0.3) is 10.1 Å². The summed E-state index contributed by atoms with van der Waals surface area (Å²) < 4.78 is 32.6. The molecule has 2 atom stereocenters. The van der Waals surface area contributed by atoms with E-state index in [9.17, 15) is 22.9 Å². The Bertz CT molecular complexity index is 950. The number of rotatable bonds is 43. The summed E-state index contributed by atoms with van der Waals surface area (Å²) in [6.07, 6.45) is 52.8. The molecule has 320 valence electrons. The molecule has 2 unspecified atom stereocenters. The van der Waals surface area contributed by atoms with Crippen LogP contribution < -0.4 is 5.32 Å². The fourth-order valence-corrected chi connectivity index (χ4v) is 8.13. The van der Waals surface area contributed by atoms with Gasteiger partial charge in [-0.25, -0.2) is 0 Å². The van der Waals surface area contributed by atoms with E-state index in [1.807, 2.05) is 0 Å². The molecule has 0 aliphatic heterocycles. The molecular formula is C47H91NO5S. The summed E-state index contributed by atoms with van der Waals surface area (Å²) in [5, 5.41) is 13.4. The minimum atomic E-state index is -4.31. The Kier molecular flexibility index (Phi) is 40.5. The number of aliphatic hydroxyl groups is 1. The predicted octanol–water partition coefficient (Wildman–Crippen LogP) is 14.3. The minimum absolute atomic E-state index is 0.245. The summed E-state index contributed by atoms with van der Waals surface area (Å²) in [6.45, 7) is 4.53. The number of hydrogen-bond acceptors (Lipinski definition) is 4. The van der Waals surface area contributed by atoms with Gasteiger partial charge in [0.05, 0.1) is 17.9 Å². The van der Waals surface area contributed by atoms with Crippen molar-refractivity contribution < 1.29 is 22.9 Å². The molecule has 0 aliphatic carbocycles. The second kappa shape index (κ2) is 41.5. The Hall–Kier alpha value is -1.18. The van der Waals surface area contributed by atoms with Gasteiger partial charge in [-0.2, -0.15) is 8.42 Å². The molecule has 54 heavy (non-hydrogen) atoms. The molecule has 0 rings (SSSR count). The lowest BCUT2D eigenvalue weighted by Gasteiger charge is -2.23. The van der Waals surface area contributed by atoms with Gasteiger partial charge in [-0.1, -0.05) is 224 Å². The molecule has 0 spiro atoms. The first kappa shape index (κ1) is 52.8. The quantitative estimate of drug-likeness (QED) is 0.0325. The van der Waals surface area contributed by atoms with Crippen LogP contribution in [0.1, 0.15) is 251 Å². The van der Waals surface area contributed by atoms with Gasteiger partial charge in [0.15, 0.2) is 0 Å². The Labute approximate surface area is 336 Å². The van der Waals surface area contributed by atoms with Gasteiger partial charge in [-0.15, -0.1) is 0 Å². The number of amides is 1. The van der Waals surface area contributed by atoms with Crippen LogP contribution in [0.2, 0.25) is 0 Å². The van der Waals surface area contributed by atoms with Crippen LogP contribution in [0.4, 0.5) is 0 Å². The van der Waals surface area contributed by atoms with Gasteiger partial charge in [-0.05, 0) is 44.9 Å². The topological polar surface area (TPSA) is 104 Å². The SMILES string of the molecule is CCCCCCC/C=C\C/C=C\CCCCCCCCCCCCCC(=O)NC(CS(=O)(=O)O)C(O)CCCCCCCCCCCCCCCCCC. The molecule has 0 saturated carbocycles. The standard InChI is InChI=1S/C47H91NO5S/c1-3-5-7-9-11-13-15-17-19-21-22-23-24-25-26-27-29-31-33-35-37-39-41-43-47(50)48-45(44-54(51,52)53)46(49)42-40-38-36-34-32-30-28-20-18-16-14-12-10-8-6-4-2/h15,17,21-22,45-46,49H,3-14,16,18-20,23-44H2,1-2H3,(H,48,50)(H,51,52,53)/b17-15-,22-21-. The van der Waals surface area contributed by atoms with Crippen molar-refractivity contribution in [1.82, 2.24) is 5.32 Å². The Morgan fingerprint density at radius 2 is 0.833 bits per heavy atom. The molecule has 0 saturated heterocycles. The maximum Gasteiger partial charge on any atom is 0.266 e. The molecule has 0 aromatic carbocycles. The van der Waals surface area contributed by atoms with Crippen LogP contribution in [0, 0.1) is 0 Å². The predicted molar refractivity (Wildman–Crippen MR) is 235 cm³/mol. The Morgan fingerprint density at radius 3 is 1.20 bits per heavy atom. The monoisotopic (exact) mass is 782 g/mol. The molecule has 0 bridgehead atoms. The maximum atomic E-state index is 12.6. The highest BCUT2D eigenvalue weighted by Gasteiger charge is 2.26. The van der Waals surface area contributed by atoms with Crippen molar-refractivity contribution in [2.45, 2.75) is 264 Å². The minimum Gasteiger partial charge on any atom is -0.391 e. The number of nitrogens with one attached hydrogen (secondary N) is 1. The lowest BCUT2D eigenvalue weighted by atomic mass is 10.0. The van der Waals surface area contributed by atoms with Gasteiger partial charge in [0.2, 0.25) is 5.91 Å². The highest BCUT2D eigenvalue weighted by molar-refractivity contribution is 7.85. The van der Waals surface area contributed by atoms with Gasteiger partial charge in [-0.3, -0.25) is 9.35 Å². The molecule has 0 aliphatic rings. The van der Waals surface area contributed by atoms with Crippen molar-refractivity contribution in [2.24, 2.45) is 0 Å². The van der Waals surface area contributed by atoms with E-state index < -0.39 is 28.0 Å². The maximum absolute atomic E-state index is 12.6. The zero-order valence-electron chi connectivity index (χ0n) is 35.9. The van der Waals surface area contributed by atoms with E-state index in [1.54, 1.807) is 0 Å². The van der Waals surface area contributed by atoms with E-state index in [4.69, 9.17) is 0 Å². The first-order chi connectivity index (χ1) is 26.3. The van der Waals surface area contributed by atoms with Crippen molar-refractivity contribution in [3.05, 3.63) is 24.3 Å².